The van der Waals surface area contributed by atoms with Gasteiger partial charge in [0.05, 0.1) is 13.2 Å². The molecule has 1 aromatic heterocycles. The van der Waals surface area contributed by atoms with Gasteiger partial charge in [-0.25, -0.2) is 0 Å². The van der Waals surface area contributed by atoms with Gasteiger partial charge in [-0.1, -0.05) is 47.6 Å². The molecule has 7 nitrogen and oxygen atoms in total. The normalized spacial score (nSPS) is 13.5. The molecule has 2 aromatic rings. The Morgan fingerprint density at radius 3 is 1.94 bits per heavy atom. The van der Waals surface area contributed by atoms with E-state index in [0.29, 0.717) is 23.1 Å². The minimum Gasteiger partial charge on any atom is -0.507 e. The van der Waals surface area contributed by atoms with Crippen molar-refractivity contribution in [3.63, 3.8) is 0 Å². The predicted molar refractivity (Wildman–Crippen MR) is 144 cm³/mol. The summed E-state index contributed by atoms with van der Waals surface area (Å²) in [5.41, 5.74) is 2.05. The number of aromatic nitrogens is 1. The van der Waals surface area contributed by atoms with Gasteiger partial charge in [0.2, 0.25) is 5.91 Å². The molecule has 1 heterocycles. The molecule has 0 saturated carbocycles. The summed E-state index contributed by atoms with van der Waals surface area (Å²) in [6, 6.07) is 9.32. The van der Waals surface area contributed by atoms with Crippen molar-refractivity contribution in [1.82, 2.24) is 9.88 Å². The van der Waals surface area contributed by atoms with Crippen LogP contribution in [0.1, 0.15) is 90.5 Å². The molecule has 2 rings (SSSR count). The average molecular weight is 519 g/mol. The van der Waals surface area contributed by atoms with Crippen LogP contribution < -0.4 is 0 Å². The Bertz CT molecular complexity index is 1030. The van der Waals surface area contributed by atoms with E-state index in [4.69, 9.17) is 9.05 Å². The Hall–Kier alpha value is -2.21. The molecule has 0 spiro atoms. The van der Waals surface area contributed by atoms with E-state index >= 15 is 0 Å². The maximum absolute atomic E-state index is 14.4. The predicted octanol–water partition coefficient (Wildman–Crippen LogP) is 6.74. The zero-order chi connectivity index (χ0) is 27.3. The number of amides is 1. The number of nitrogens with zero attached hydrogens (tertiary/aromatic N) is 2. The molecule has 0 bridgehead atoms. The largest absolute Gasteiger partial charge is 0.507 e. The number of aromatic hydroxyl groups is 1. The number of carbonyl (C=O) groups is 1. The van der Waals surface area contributed by atoms with Crippen molar-refractivity contribution in [1.29, 1.82) is 0 Å². The van der Waals surface area contributed by atoms with Crippen molar-refractivity contribution >= 4 is 13.5 Å². The van der Waals surface area contributed by atoms with Crippen molar-refractivity contribution < 1.29 is 23.5 Å². The average Bonchev–Trinajstić information content (AvgIpc) is 2.76. The van der Waals surface area contributed by atoms with Gasteiger partial charge in [0.15, 0.2) is 5.78 Å². The first kappa shape index (κ1) is 30.0. The highest BCUT2D eigenvalue weighted by Crippen LogP contribution is 2.63. The van der Waals surface area contributed by atoms with Crippen LogP contribution in [0.2, 0.25) is 0 Å². The summed E-state index contributed by atoms with van der Waals surface area (Å²) < 4.78 is 26.0. The van der Waals surface area contributed by atoms with Gasteiger partial charge >= 0.3 is 7.60 Å². The van der Waals surface area contributed by atoms with Crippen LogP contribution in [0.5, 0.6) is 5.75 Å². The molecule has 0 saturated heterocycles. The summed E-state index contributed by atoms with van der Waals surface area (Å²) in [5, 5.41) is 11.3. The van der Waals surface area contributed by atoms with E-state index in [1.165, 1.54) is 6.92 Å². The molecular formula is C28H43N2O5P. The van der Waals surface area contributed by atoms with Crippen LogP contribution in [-0.2, 0) is 35.7 Å². The van der Waals surface area contributed by atoms with Gasteiger partial charge < -0.3 is 19.1 Å². The van der Waals surface area contributed by atoms with E-state index in [2.05, 4.69) is 4.98 Å². The highest BCUT2D eigenvalue weighted by Gasteiger charge is 2.44. The second kappa shape index (κ2) is 11.9. The standard InChI is InChI=1S/C28H43N2O5P/c1-10-34-36(33,35-11-2)26(30(20(3)31)17-15-22-14-12-13-16-29-22)21-18-23(27(4,5)6)25(32)24(19-21)28(7,8)9/h12-14,16,18-19,26,32H,10-11,15,17H2,1-9H3. The fourth-order valence-electron chi connectivity index (χ4n) is 4.25. The van der Waals surface area contributed by atoms with Crippen LogP contribution in [0.4, 0.5) is 0 Å². The number of benzene rings is 1. The number of pyridine rings is 1. The molecule has 36 heavy (non-hydrogen) atoms. The van der Waals surface area contributed by atoms with Gasteiger partial charge in [-0.2, -0.15) is 0 Å². The van der Waals surface area contributed by atoms with Crippen LogP contribution in [0.25, 0.3) is 0 Å². The quantitative estimate of drug-likeness (QED) is 0.351. The summed E-state index contributed by atoms with van der Waals surface area (Å²) in [6.45, 7) is 17.7. The topological polar surface area (TPSA) is 89.0 Å². The third-order valence-electron chi connectivity index (χ3n) is 6.00. The van der Waals surface area contributed by atoms with Crippen molar-refractivity contribution in [2.24, 2.45) is 0 Å². The molecule has 0 radical (unpaired) electrons. The van der Waals surface area contributed by atoms with Gasteiger partial charge in [-0.05, 0) is 65.6 Å². The minimum absolute atomic E-state index is 0.163. The van der Waals surface area contributed by atoms with Crippen LogP contribution >= 0.6 is 7.60 Å². The highest BCUT2D eigenvalue weighted by molar-refractivity contribution is 7.54. The van der Waals surface area contributed by atoms with Crippen LogP contribution in [0, 0.1) is 0 Å². The number of carbonyl (C=O) groups excluding carboxylic acids is 1. The Labute approximate surface area is 216 Å². The second-order valence-corrected chi connectivity index (χ2v) is 13.1. The second-order valence-electron chi connectivity index (χ2n) is 11.0. The molecule has 0 aliphatic rings. The first-order valence-corrected chi connectivity index (χ1v) is 14.2. The third-order valence-corrected chi connectivity index (χ3v) is 8.41. The molecule has 1 atom stereocenters. The summed E-state index contributed by atoms with van der Waals surface area (Å²) >= 11 is 0. The molecular weight excluding hydrogens is 475 g/mol. The lowest BCUT2D eigenvalue weighted by molar-refractivity contribution is -0.130. The van der Waals surface area contributed by atoms with Gasteiger partial charge in [-0.15, -0.1) is 0 Å². The maximum Gasteiger partial charge on any atom is 0.357 e. The Balaban J connectivity index is 2.82. The number of hydrogen-bond acceptors (Lipinski definition) is 6. The molecule has 8 heteroatoms. The SMILES string of the molecule is CCOP(=O)(OCC)C(c1cc(C(C)(C)C)c(O)c(C(C)(C)C)c1)N(CCc1ccccn1)C(C)=O. The summed E-state index contributed by atoms with van der Waals surface area (Å²) in [7, 11) is -3.84. The zero-order valence-electron chi connectivity index (χ0n) is 23.3. The fourth-order valence-corrected chi connectivity index (χ4v) is 6.46. The molecule has 0 aliphatic heterocycles. The summed E-state index contributed by atoms with van der Waals surface area (Å²) in [6.07, 6.45) is 2.19. The summed E-state index contributed by atoms with van der Waals surface area (Å²) in [5.74, 6) is -1.03. The van der Waals surface area contributed by atoms with Crippen molar-refractivity contribution in [2.45, 2.75) is 85.3 Å². The Kier molecular flexibility index (Phi) is 9.91. The van der Waals surface area contributed by atoms with E-state index in [1.807, 2.05) is 71.9 Å². The summed E-state index contributed by atoms with van der Waals surface area (Å²) in [4.78, 5) is 19.0. The van der Waals surface area contributed by atoms with Gasteiger partial charge in [0.25, 0.3) is 0 Å². The van der Waals surface area contributed by atoms with E-state index in [0.717, 1.165) is 5.69 Å². The van der Waals surface area contributed by atoms with Crippen molar-refractivity contribution in [3.8, 4) is 5.75 Å². The molecule has 1 aromatic carbocycles. The zero-order valence-corrected chi connectivity index (χ0v) is 24.2. The molecule has 1 unspecified atom stereocenters. The van der Waals surface area contributed by atoms with Gasteiger partial charge in [0.1, 0.15) is 5.75 Å². The van der Waals surface area contributed by atoms with Gasteiger partial charge in [0, 0.05) is 31.8 Å². The van der Waals surface area contributed by atoms with Gasteiger partial charge in [-0.3, -0.25) is 14.3 Å². The monoisotopic (exact) mass is 518 g/mol. The smallest absolute Gasteiger partial charge is 0.357 e. The van der Waals surface area contributed by atoms with Crippen LogP contribution in [0.15, 0.2) is 36.5 Å². The number of rotatable bonds is 10. The number of hydrogen-bond donors (Lipinski definition) is 1. The maximum atomic E-state index is 14.4. The molecule has 1 amide bonds. The molecule has 0 aliphatic carbocycles. The van der Waals surface area contributed by atoms with E-state index in [9.17, 15) is 14.5 Å². The van der Waals surface area contributed by atoms with Crippen LogP contribution in [-0.4, -0.2) is 40.7 Å². The lowest BCUT2D eigenvalue weighted by atomic mass is 9.78. The lowest BCUT2D eigenvalue weighted by Gasteiger charge is -2.37. The Morgan fingerprint density at radius 1 is 1.03 bits per heavy atom. The lowest BCUT2D eigenvalue weighted by Crippen LogP contribution is -2.36. The first-order valence-electron chi connectivity index (χ1n) is 12.6. The van der Waals surface area contributed by atoms with E-state index in [1.54, 1.807) is 24.9 Å². The van der Waals surface area contributed by atoms with Crippen LogP contribution in [0.3, 0.4) is 0 Å². The van der Waals surface area contributed by atoms with Crippen molar-refractivity contribution in [2.75, 3.05) is 19.8 Å². The molecule has 0 fully saturated rings. The minimum atomic E-state index is -3.84. The molecule has 1 N–H and O–H groups in total. The molecule has 200 valence electrons. The third kappa shape index (κ3) is 7.18. The fraction of sp³-hybridized carbons (Fsp3) is 0.571. The van der Waals surface area contributed by atoms with E-state index in [-0.39, 0.29) is 31.4 Å². The highest BCUT2D eigenvalue weighted by atomic mass is 31.2. The number of phenols is 1. The Morgan fingerprint density at radius 2 is 1.56 bits per heavy atom. The van der Waals surface area contributed by atoms with Crippen molar-refractivity contribution in [3.05, 3.63) is 58.9 Å². The van der Waals surface area contributed by atoms with E-state index < -0.39 is 24.2 Å². The number of phenolic OH excluding ortho intramolecular Hbond substituents is 1. The first-order chi connectivity index (χ1) is 16.7.